The van der Waals surface area contributed by atoms with Crippen molar-refractivity contribution in [1.29, 1.82) is 0 Å². The smallest absolute Gasteiger partial charge is 0.274 e. The summed E-state index contributed by atoms with van der Waals surface area (Å²) in [4.78, 5) is 21.1. The Morgan fingerprint density at radius 3 is 2.46 bits per heavy atom. The summed E-state index contributed by atoms with van der Waals surface area (Å²) < 4.78 is 5.12. The Hall–Kier alpha value is -3.12. The number of hydrogen-bond acceptors (Lipinski definition) is 5. The number of aryl methyl sites for hydroxylation is 1. The van der Waals surface area contributed by atoms with Crippen LogP contribution in [0.25, 0.3) is 0 Å². The maximum atomic E-state index is 12.5. The van der Waals surface area contributed by atoms with Crippen molar-refractivity contribution in [3.05, 3.63) is 76.7 Å². The molecule has 1 aromatic heterocycles. The number of nitrogens with one attached hydrogen (secondary N) is 2. The second-order valence-electron chi connectivity index (χ2n) is 6.17. The Morgan fingerprint density at radius 2 is 1.79 bits per heavy atom. The number of anilines is 2. The lowest BCUT2D eigenvalue weighted by Gasteiger charge is -2.10. The number of amides is 1. The van der Waals surface area contributed by atoms with Crippen molar-refractivity contribution >= 4 is 29.0 Å². The number of ether oxygens (including phenoxy) is 1. The molecule has 0 fully saturated rings. The van der Waals surface area contributed by atoms with Gasteiger partial charge in [0, 0.05) is 23.3 Å². The van der Waals surface area contributed by atoms with Crippen LogP contribution in [0.2, 0.25) is 5.02 Å². The van der Waals surface area contributed by atoms with Crippen molar-refractivity contribution in [3.63, 3.8) is 0 Å². The summed E-state index contributed by atoms with van der Waals surface area (Å²) in [6.07, 6.45) is 0.813. The van der Waals surface area contributed by atoms with E-state index in [0.717, 1.165) is 17.2 Å². The van der Waals surface area contributed by atoms with Gasteiger partial charge in [0.1, 0.15) is 23.1 Å². The summed E-state index contributed by atoms with van der Waals surface area (Å²) in [6.45, 7) is 2.44. The van der Waals surface area contributed by atoms with Gasteiger partial charge in [-0.15, -0.1) is 0 Å². The monoisotopic (exact) mass is 396 g/mol. The molecular formula is C21H21ClN4O2. The molecule has 0 unspecified atom stereocenters. The first-order valence-corrected chi connectivity index (χ1v) is 9.21. The van der Waals surface area contributed by atoms with Crippen LogP contribution in [0.15, 0.2) is 54.6 Å². The van der Waals surface area contributed by atoms with Crippen LogP contribution in [0, 0.1) is 6.92 Å². The molecule has 3 rings (SSSR count). The number of carbonyl (C=O) groups is 1. The van der Waals surface area contributed by atoms with E-state index in [1.165, 1.54) is 5.56 Å². The third-order valence-electron chi connectivity index (χ3n) is 4.05. The first-order valence-electron chi connectivity index (χ1n) is 8.83. The molecule has 0 atom stereocenters. The van der Waals surface area contributed by atoms with Crippen molar-refractivity contribution in [1.82, 2.24) is 9.97 Å². The van der Waals surface area contributed by atoms with Gasteiger partial charge in [-0.05, 0) is 55.3 Å². The highest BCUT2D eigenvalue weighted by molar-refractivity contribution is 6.30. The van der Waals surface area contributed by atoms with Gasteiger partial charge in [-0.3, -0.25) is 4.79 Å². The number of benzene rings is 2. The first-order chi connectivity index (χ1) is 13.5. The minimum atomic E-state index is -0.295. The molecular weight excluding hydrogens is 376 g/mol. The number of carbonyl (C=O) groups excluding carboxylic acids is 1. The fourth-order valence-electron chi connectivity index (χ4n) is 2.63. The van der Waals surface area contributed by atoms with E-state index < -0.39 is 0 Å². The molecule has 6 nitrogen and oxygen atoms in total. The molecule has 28 heavy (non-hydrogen) atoms. The van der Waals surface area contributed by atoms with Crippen LogP contribution < -0.4 is 15.4 Å². The number of hydrogen-bond donors (Lipinski definition) is 2. The summed E-state index contributed by atoms with van der Waals surface area (Å²) in [5.41, 5.74) is 2.14. The standard InChI is InChI=1S/C21H21ClN4O2/c1-14-24-19(21(27)26-17-7-9-18(28-2)10-8-17)13-20(25-14)23-12-11-15-3-5-16(22)6-4-15/h3-10,13H,11-12H2,1-2H3,(H,26,27)(H,23,24,25). The molecule has 0 saturated carbocycles. The van der Waals surface area contributed by atoms with Gasteiger partial charge in [-0.2, -0.15) is 0 Å². The zero-order chi connectivity index (χ0) is 19.9. The highest BCUT2D eigenvalue weighted by Gasteiger charge is 2.11. The third-order valence-corrected chi connectivity index (χ3v) is 4.30. The maximum Gasteiger partial charge on any atom is 0.274 e. The van der Waals surface area contributed by atoms with Gasteiger partial charge in [0.2, 0.25) is 0 Å². The Balaban J connectivity index is 1.62. The zero-order valence-electron chi connectivity index (χ0n) is 15.7. The van der Waals surface area contributed by atoms with Crippen LogP contribution in [0.5, 0.6) is 5.75 Å². The van der Waals surface area contributed by atoms with Crippen molar-refractivity contribution in [2.24, 2.45) is 0 Å². The molecule has 0 spiro atoms. The zero-order valence-corrected chi connectivity index (χ0v) is 16.5. The van der Waals surface area contributed by atoms with Crippen LogP contribution in [-0.2, 0) is 6.42 Å². The van der Waals surface area contributed by atoms with Crippen molar-refractivity contribution < 1.29 is 9.53 Å². The number of halogens is 1. The summed E-state index contributed by atoms with van der Waals surface area (Å²) in [6, 6.07) is 16.5. The lowest BCUT2D eigenvalue weighted by molar-refractivity contribution is 0.102. The van der Waals surface area contributed by atoms with E-state index in [-0.39, 0.29) is 5.91 Å². The van der Waals surface area contributed by atoms with Gasteiger partial charge in [0.15, 0.2) is 0 Å². The summed E-state index contributed by atoms with van der Waals surface area (Å²) >= 11 is 5.90. The number of aromatic nitrogens is 2. The Labute approximate surface area is 168 Å². The lowest BCUT2D eigenvalue weighted by atomic mass is 10.1. The summed E-state index contributed by atoms with van der Waals surface area (Å²) in [7, 11) is 1.60. The van der Waals surface area contributed by atoms with Crippen LogP contribution in [-0.4, -0.2) is 29.5 Å². The van der Waals surface area contributed by atoms with Gasteiger partial charge >= 0.3 is 0 Å². The largest absolute Gasteiger partial charge is 0.497 e. The number of rotatable bonds is 7. The predicted molar refractivity (Wildman–Crippen MR) is 111 cm³/mol. The Bertz CT molecular complexity index is 944. The van der Waals surface area contributed by atoms with E-state index in [9.17, 15) is 4.79 Å². The first kappa shape index (κ1) is 19.6. The SMILES string of the molecule is COc1ccc(NC(=O)c2cc(NCCc3ccc(Cl)cc3)nc(C)n2)cc1. The molecule has 0 aliphatic carbocycles. The lowest BCUT2D eigenvalue weighted by Crippen LogP contribution is -2.16. The third kappa shape index (κ3) is 5.44. The molecule has 0 aliphatic rings. The molecule has 0 saturated heterocycles. The maximum absolute atomic E-state index is 12.5. The fourth-order valence-corrected chi connectivity index (χ4v) is 2.76. The minimum absolute atomic E-state index is 0.295. The molecule has 0 radical (unpaired) electrons. The quantitative estimate of drug-likeness (QED) is 0.620. The molecule has 7 heteroatoms. The summed E-state index contributed by atoms with van der Waals surface area (Å²) in [5.74, 6) is 1.57. The molecule has 0 aliphatic heterocycles. The minimum Gasteiger partial charge on any atom is -0.497 e. The van der Waals surface area contributed by atoms with Gasteiger partial charge in [0.05, 0.1) is 7.11 Å². The molecule has 2 aromatic carbocycles. The second kappa shape index (κ2) is 9.19. The van der Waals surface area contributed by atoms with Gasteiger partial charge in [-0.1, -0.05) is 23.7 Å². The number of methoxy groups -OCH3 is 1. The molecule has 2 N–H and O–H groups in total. The van der Waals surface area contributed by atoms with Crippen LogP contribution in [0.3, 0.4) is 0 Å². The molecule has 144 valence electrons. The van der Waals surface area contributed by atoms with Gasteiger partial charge in [-0.25, -0.2) is 9.97 Å². The van der Waals surface area contributed by atoms with E-state index in [0.29, 0.717) is 29.6 Å². The topological polar surface area (TPSA) is 76.1 Å². The average Bonchev–Trinajstić information content (AvgIpc) is 2.69. The fraction of sp³-hybridized carbons (Fsp3) is 0.190. The van der Waals surface area contributed by atoms with E-state index in [2.05, 4.69) is 20.6 Å². The second-order valence-corrected chi connectivity index (χ2v) is 6.61. The van der Waals surface area contributed by atoms with Crippen molar-refractivity contribution in [2.45, 2.75) is 13.3 Å². The van der Waals surface area contributed by atoms with E-state index in [1.807, 2.05) is 24.3 Å². The molecule has 0 bridgehead atoms. The normalized spacial score (nSPS) is 10.4. The molecule has 1 amide bonds. The van der Waals surface area contributed by atoms with Crippen molar-refractivity contribution in [2.75, 3.05) is 24.3 Å². The summed E-state index contributed by atoms with van der Waals surface area (Å²) in [5, 5.41) is 6.79. The highest BCUT2D eigenvalue weighted by Crippen LogP contribution is 2.16. The van der Waals surface area contributed by atoms with Crippen LogP contribution in [0.1, 0.15) is 21.9 Å². The number of nitrogens with zero attached hydrogens (tertiary/aromatic N) is 2. The highest BCUT2D eigenvalue weighted by atomic mass is 35.5. The molecule has 1 heterocycles. The average molecular weight is 397 g/mol. The predicted octanol–water partition coefficient (Wildman–Crippen LogP) is 4.35. The van der Waals surface area contributed by atoms with Crippen LogP contribution >= 0.6 is 11.6 Å². The van der Waals surface area contributed by atoms with Crippen molar-refractivity contribution in [3.8, 4) is 5.75 Å². The van der Waals surface area contributed by atoms with E-state index in [4.69, 9.17) is 16.3 Å². The van der Waals surface area contributed by atoms with E-state index >= 15 is 0 Å². The van der Waals surface area contributed by atoms with Gasteiger partial charge < -0.3 is 15.4 Å². The Kier molecular flexibility index (Phi) is 6.45. The van der Waals surface area contributed by atoms with Gasteiger partial charge in [0.25, 0.3) is 5.91 Å². The Morgan fingerprint density at radius 1 is 1.07 bits per heavy atom. The van der Waals surface area contributed by atoms with E-state index in [1.54, 1.807) is 44.4 Å². The van der Waals surface area contributed by atoms with Crippen LogP contribution in [0.4, 0.5) is 11.5 Å². The molecule has 3 aromatic rings.